The van der Waals surface area contributed by atoms with E-state index in [0.717, 1.165) is 0 Å². The number of hydrogen-bond acceptors (Lipinski definition) is 3. The molecular weight excluding hydrogens is 162 g/mol. The van der Waals surface area contributed by atoms with Gasteiger partial charge >= 0.3 is 5.97 Å². The Labute approximate surface area is 68.3 Å². The summed E-state index contributed by atoms with van der Waals surface area (Å²) in [7, 11) is 0. The Morgan fingerprint density at radius 1 is 1.58 bits per heavy atom. The molecule has 0 amide bonds. The van der Waals surface area contributed by atoms with Crippen LogP contribution >= 0.6 is 0 Å². The standard InChI is InChI=1S/C6H5NO2.CH2O2/c8-6(9)5-2-1-3-7-4-5;2-1-3/h1-4H,(H,8,9);1H,(H,2,3). The molecule has 1 heterocycles. The van der Waals surface area contributed by atoms with Crippen LogP contribution in [0.3, 0.4) is 0 Å². The van der Waals surface area contributed by atoms with Crippen molar-refractivity contribution in [1.82, 2.24) is 4.98 Å². The minimum absolute atomic E-state index is 0.220. The van der Waals surface area contributed by atoms with E-state index in [2.05, 4.69) is 4.98 Å². The molecule has 0 fully saturated rings. The minimum atomic E-state index is -0.942. The number of rotatable bonds is 1. The van der Waals surface area contributed by atoms with Crippen molar-refractivity contribution in [3.63, 3.8) is 0 Å². The van der Waals surface area contributed by atoms with E-state index in [9.17, 15) is 4.79 Å². The van der Waals surface area contributed by atoms with Gasteiger partial charge in [0.05, 0.1) is 5.56 Å². The number of carboxylic acid groups (broad SMARTS) is 2. The van der Waals surface area contributed by atoms with E-state index in [4.69, 9.17) is 15.0 Å². The quantitative estimate of drug-likeness (QED) is 0.597. The molecule has 1 aromatic heterocycles. The fraction of sp³-hybridized carbons (Fsp3) is 0. The Balaban J connectivity index is 0.000000354. The molecule has 0 atom stereocenters. The summed E-state index contributed by atoms with van der Waals surface area (Å²) in [5, 5.41) is 15.2. The highest BCUT2D eigenvalue weighted by Crippen LogP contribution is 1.92. The first kappa shape index (κ1) is 10.1. The van der Waals surface area contributed by atoms with Crippen LogP contribution in [0, 0.1) is 0 Å². The Hall–Kier alpha value is -1.91. The van der Waals surface area contributed by atoms with Crippen LogP contribution in [0.4, 0.5) is 0 Å². The zero-order valence-electron chi connectivity index (χ0n) is 6.04. The van der Waals surface area contributed by atoms with Gasteiger partial charge in [0, 0.05) is 12.4 Å². The van der Waals surface area contributed by atoms with Crippen molar-refractivity contribution in [1.29, 1.82) is 0 Å². The van der Waals surface area contributed by atoms with Gasteiger partial charge < -0.3 is 10.2 Å². The van der Waals surface area contributed by atoms with Gasteiger partial charge in [-0.05, 0) is 12.1 Å². The molecule has 0 aliphatic carbocycles. The molecule has 0 radical (unpaired) electrons. The molecule has 0 aromatic carbocycles. The van der Waals surface area contributed by atoms with Crippen molar-refractivity contribution in [3.8, 4) is 0 Å². The summed E-state index contributed by atoms with van der Waals surface area (Å²) in [6.07, 6.45) is 2.84. The Kier molecular flexibility index (Phi) is 4.91. The van der Waals surface area contributed by atoms with E-state index in [1.54, 1.807) is 6.07 Å². The van der Waals surface area contributed by atoms with Crippen LogP contribution in [0.25, 0.3) is 0 Å². The van der Waals surface area contributed by atoms with Gasteiger partial charge in [-0.15, -0.1) is 0 Å². The van der Waals surface area contributed by atoms with Crippen molar-refractivity contribution >= 4 is 12.4 Å². The Morgan fingerprint density at radius 2 is 2.17 bits per heavy atom. The number of pyridine rings is 1. The molecule has 0 aliphatic rings. The van der Waals surface area contributed by atoms with E-state index in [-0.39, 0.29) is 12.0 Å². The normalized spacial score (nSPS) is 7.67. The van der Waals surface area contributed by atoms with Crippen molar-refractivity contribution in [2.24, 2.45) is 0 Å². The average Bonchev–Trinajstić information content (AvgIpc) is 2.07. The molecule has 1 rings (SSSR count). The number of aromatic carboxylic acids is 1. The molecule has 0 bridgehead atoms. The molecule has 12 heavy (non-hydrogen) atoms. The Morgan fingerprint density at radius 3 is 2.42 bits per heavy atom. The summed E-state index contributed by atoms with van der Waals surface area (Å²) in [5.74, 6) is -0.942. The lowest BCUT2D eigenvalue weighted by molar-refractivity contribution is -0.122. The molecule has 5 nitrogen and oxygen atoms in total. The van der Waals surface area contributed by atoms with E-state index < -0.39 is 5.97 Å². The summed E-state index contributed by atoms with van der Waals surface area (Å²) >= 11 is 0. The third kappa shape index (κ3) is 3.99. The lowest BCUT2D eigenvalue weighted by atomic mass is 10.3. The third-order valence-corrected chi connectivity index (χ3v) is 0.908. The smallest absolute Gasteiger partial charge is 0.337 e. The summed E-state index contributed by atoms with van der Waals surface area (Å²) in [5.41, 5.74) is 0.220. The van der Waals surface area contributed by atoms with Crippen LogP contribution < -0.4 is 0 Å². The molecule has 2 N–H and O–H groups in total. The number of nitrogens with zero attached hydrogens (tertiary/aromatic N) is 1. The van der Waals surface area contributed by atoms with Gasteiger partial charge in [0.1, 0.15) is 0 Å². The number of aromatic nitrogens is 1. The summed E-state index contributed by atoms with van der Waals surface area (Å²) in [4.78, 5) is 22.1. The van der Waals surface area contributed by atoms with Gasteiger partial charge in [-0.3, -0.25) is 9.78 Å². The molecule has 64 valence electrons. The van der Waals surface area contributed by atoms with E-state index in [0.29, 0.717) is 0 Å². The van der Waals surface area contributed by atoms with Crippen molar-refractivity contribution in [2.45, 2.75) is 0 Å². The van der Waals surface area contributed by atoms with Crippen LogP contribution in [0.15, 0.2) is 24.5 Å². The average molecular weight is 169 g/mol. The molecule has 0 spiro atoms. The van der Waals surface area contributed by atoms with Crippen LogP contribution in [0.2, 0.25) is 0 Å². The van der Waals surface area contributed by atoms with Crippen molar-refractivity contribution in [2.75, 3.05) is 0 Å². The SMILES string of the molecule is O=C(O)c1cccnc1.O=CO. The fourth-order valence-corrected chi connectivity index (χ4v) is 0.489. The number of carbonyl (C=O) groups is 2. The molecule has 0 aliphatic heterocycles. The maximum Gasteiger partial charge on any atom is 0.337 e. The minimum Gasteiger partial charge on any atom is -0.483 e. The van der Waals surface area contributed by atoms with Gasteiger partial charge in [0.15, 0.2) is 0 Å². The highest BCUT2D eigenvalue weighted by Gasteiger charge is 1.97. The predicted octanol–water partition coefficient (Wildman–Crippen LogP) is 0.481. The second-order valence-corrected chi connectivity index (χ2v) is 1.65. The largest absolute Gasteiger partial charge is 0.483 e. The highest BCUT2D eigenvalue weighted by atomic mass is 16.4. The first-order chi connectivity index (χ1) is 5.72. The molecule has 0 unspecified atom stereocenters. The fourth-order valence-electron chi connectivity index (χ4n) is 0.489. The molecule has 0 saturated carbocycles. The lowest BCUT2D eigenvalue weighted by Crippen LogP contribution is -1.94. The topological polar surface area (TPSA) is 87.5 Å². The summed E-state index contributed by atoms with van der Waals surface area (Å²) in [6, 6.07) is 3.08. The van der Waals surface area contributed by atoms with Gasteiger partial charge in [0.2, 0.25) is 0 Å². The third-order valence-electron chi connectivity index (χ3n) is 0.908. The summed E-state index contributed by atoms with van der Waals surface area (Å²) in [6.45, 7) is -0.250. The zero-order chi connectivity index (χ0) is 9.40. The van der Waals surface area contributed by atoms with Crippen LogP contribution in [-0.2, 0) is 4.79 Å². The lowest BCUT2D eigenvalue weighted by Gasteiger charge is -1.87. The zero-order valence-corrected chi connectivity index (χ0v) is 6.04. The second-order valence-electron chi connectivity index (χ2n) is 1.65. The maximum atomic E-state index is 10.2. The number of hydrogen-bond donors (Lipinski definition) is 2. The van der Waals surface area contributed by atoms with Crippen LogP contribution in [-0.4, -0.2) is 27.6 Å². The first-order valence-corrected chi connectivity index (χ1v) is 2.93. The first-order valence-electron chi connectivity index (χ1n) is 2.93. The van der Waals surface area contributed by atoms with Crippen LogP contribution in [0.5, 0.6) is 0 Å². The van der Waals surface area contributed by atoms with Crippen LogP contribution in [0.1, 0.15) is 10.4 Å². The molecular formula is C7H7NO4. The molecule has 1 aromatic rings. The van der Waals surface area contributed by atoms with E-state index in [1.165, 1.54) is 18.5 Å². The Bertz CT molecular complexity index is 247. The second kappa shape index (κ2) is 5.84. The number of carboxylic acids is 1. The molecule has 0 saturated heterocycles. The predicted molar refractivity (Wildman–Crippen MR) is 39.9 cm³/mol. The summed E-state index contributed by atoms with van der Waals surface area (Å²) < 4.78 is 0. The van der Waals surface area contributed by atoms with E-state index >= 15 is 0 Å². The van der Waals surface area contributed by atoms with Crippen molar-refractivity contribution < 1.29 is 19.8 Å². The van der Waals surface area contributed by atoms with E-state index in [1.807, 2.05) is 0 Å². The maximum absolute atomic E-state index is 10.2. The van der Waals surface area contributed by atoms with Gasteiger partial charge in [-0.25, -0.2) is 4.79 Å². The van der Waals surface area contributed by atoms with Crippen molar-refractivity contribution in [3.05, 3.63) is 30.1 Å². The highest BCUT2D eigenvalue weighted by molar-refractivity contribution is 5.86. The van der Waals surface area contributed by atoms with Gasteiger partial charge in [-0.1, -0.05) is 0 Å². The monoisotopic (exact) mass is 169 g/mol. The van der Waals surface area contributed by atoms with Gasteiger partial charge in [0.25, 0.3) is 6.47 Å². The van der Waals surface area contributed by atoms with Gasteiger partial charge in [-0.2, -0.15) is 0 Å². The molecule has 5 heteroatoms.